The molecule has 0 unspecified atom stereocenters. The molecule has 0 bridgehead atoms. The molecule has 0 aromatic rings. The predicted octanol–water partition coefficient (Wildman–Crippen LogP) is 0.409. The lowest BCUT2D eigenvalue weighted by Gasteiger charge is -1.99. The molecule has 0 radical (unpaired) electrons. The maximum atomic E-state index is 10.8. The third kappa shape index (κ3) is 3.25. The van der Waals surface area contributed by atoms with Crippen molar-refractivity contribution >= 4 is 5.91 Å². The van der Waals surface area contributed by atoms with Gasteiger partial charge in [0.25, 0.3) is 0 Å². The average molecular weight is 143 g/mol. The SMILES string of the molecule is CCC=C(C)C(=O)NCO. The van der Waals surface area contributed by atoms with Crippen LogP contribution in [0, 0.1) is 0 Å². The van der Waals surface area contributed by atoms with Crippen molar-refractivity contribution in [1.29, 1.82) is 0 Å². The van der Waals surface area contributed by atoms with E-state index >= 15 is 0 Å². The molecule has 0 fully saturated rings. The zero-order valence-corrected chi connectivity index (χ0v) is 6.35. The van der Waals surface area contributed by atoms with Crippen molar-refractivity contribution in [3.8, 4) is 0 Å². The van der Waals surface area contributed by atoms with Crippen LogP contribution >= 0.6 is 0 Å². The summed E-state index contributed by atoms with van der Waals surface area (Å²) in [5.41, 5.74) is 0.650. The number of nitrogens with one attached hydrogen (secondary N) is 1. The van der Waals surface area contributed by atoms with Crippen molar-refractivity contribution in [3.63, 3.8) is 0 Å². The summed E-state index contributed by atoms with van der Waals surface area (Å²) in [5, 5.41) is 10.6. The maximum Gasteiger partial charge on any atom is 0.248 e. The number of hydrogen-bond acceptors (Lipinski definition) is 2. The van der Waals surface area contributed by atoms with E-state index in [2.05, 4.69) is 5.32 Å². The fraction of sp³-hybridized carbons (Fsp3) is 0.571. The Morgan fingerprint density at radius 2 is 2.30 bits per heavy atom. The number of rotatable bonds is 3. The van der Waals surface area contributed by atoms with Crippen LogP contribution in [-0.4, -0.2) is 17.7 Å². The summed E-state index contributed by atoms with van der Waals surface area (Å²) in [6.45, 7) is 3.37. The summed E-state index contributed by atoms with van der Waals surface area (Å²) in [4.78, 5) is 10.8. The van der Waals surface area contributed by atoms with Gasteiger partial charge in [-0.05, 0) is 13.3 Å². The Hall–Kier alpha value is -0.830. The third-order valence-corrected chi connectivity index (χ3v) is 1.11. The van der Waals surface area contributed by atoms with Gasteiger partial charge in [0.2, 0.25) is 5.91 Å². The molecule has 0 heterocycles. The normalized spacial score (nSPS) is 11.3. The smallest absolute Gasteiger partial charge is 0.248 e. The fourth-order valence-electron chi connectivity index (χ4n) is 0.610. The minimum Gasteiger partial charge on any atom is -0.376 e. The quantitative estimate of drug-likeness (QED) is 0.444. The minimum atomic E-state index is -0.298. The Balaban J connectivity index is 3.82. The highest BCUT2D eigenvalue weighted by atomic mass is 16.3. The second-order valence-electron chi connectivity index (χ2n) is 1.96. The van der Waals surface area contributed by atoms with Crippen LogP contribution in [0.25, 0.3) is 0 Å². The number of amides is 1. The minimum absolute atomic E-state index is 0.204. The molecular weight excluding hydrogens is 130 g/mol. The van der Waals surface area contributed by atoms with Gasteiger partial charge in [0, 0.05) is 5.57 Å². The van der Waals surface area contributed by atoms with Gasteiger partial charge in [0.05, 0.1) is 0 Å². The number of carbonyl (C=O) groups is 1. The number of aliphatic hydroxyl groups is 1. The van der Waals surface area contributed by atoms with Gasteiger partial charge >= 0.3 is 0 Å². The first-order valence-corrected chi connectivity index (χ1v) is 3.28. The van der Waals surface area contributed by atoms with Gasteiger partial charge in [0.1, 0.15) is 6.73 Å². The van der Waals surface area contributed by atoms with Gasteiger partial charge in [-0.2, -0.15) is 0 Å². The molecule has 0 aliphatic heterocycles. The van der Waals surface area contributed by atoms with E-state index in [4.69, 9.17) is 5.11 Å². The highest BCUT2D eigenvalue weighted by molar-refractivity contribution is 5.92. The van der Waals surface area contributed by atoms with E-state index in [1.54, 1.807) is 6.92 Å². The first kappa shape index (κ1) is 9.17. The van der Waals surface area contributed by atoms with Crippen LogP contribution in [0.3, 0.4) is 0 Å². The molecule has 0 aromatic heterocycles. The largest absolute Gasteiger partial charge is 0.376 e. The lowest BCUT2D eigenvalue weighted by molar-refractivity contribution is -0.118. The van der Waals surface area contributed by atoms with E-state index < -0.39 is 0 Å². The molecule has 2 N–H and O–H groups in total. The van der Waals surface area contributed by atoms with E-state index in [9.17, 15) is 4.79 Å². The number of hydrogen-bond donors (Lipinski definition) is 2. The van der Waals surface area contributed by atoms with Crippen LogP contribution in [0.1, 0.15) is 20.3 Å². The lowest BCUT2D eigenvalue weighted by Crippen LogP contribution is -2.24. The van der Waals surface area contributed by atoms with Crippen LogP contribution < -0.4 is 5.32 Å². The predicted molar refractivity (Wildman–Crippen MR) is 39.3 cm³/mol. The zero-order valence-electron chi connectivity index (χ0n) is 6.35. The van der Waals surface area contributed by atoms with Crippen LogP contribution in [0.2, 0.25) is 0 Å². The molecule has 0 saturated heterocycles. The van der Waals surface area contributed by atoms with Crippen LogP contribution in [-0.2, 0) is 4.79 Å². The fourth-order valence-corrected chi connectivity index (χ4v) is 0.610. The molecule has 0 saturated carbocycles. The average Bonchev–Trinajstić information content (AvgIpc) is 1.89. The third-order valence-electron chi connectivity index (χ3n) is 1.11. The first-order valence-electron chi connectivity index (χ1n) is 3.28. The maximum absolute atomic E-state index is 10.8. The molecule has 3 nitrogen and oxygen atoms in total. The van der Waals surface area contributed by atoms with Gasteiger partial charge in [-0.1, -0.05) is 13.0 Å². The Kier molecular flexibility index (Phi) is 4.58. The van der Waals surface area contributed by atoms with Gasteiger partial charge in [-0.3, -0.25) is 4.79 Å². The molecule has 0 aromatic carbocycles. The Morgan fingerprint density at radius 3 is 2.70 bits per heavy atom. The molecule has 1 amide bonds. The molecular formula is C7H13NO2. The van der Waals surface area contributed by atoms with Gasteiger partial charge in [-0.25, -0.2) is 0 Å². The van der Waals surface area contributed by atoms with Crippen LogP contribution in [0.5, 0.6) is 0 Å². The lowest BCUT2D eigenvalue weighted by atomic mass is 10.2. The summed E-state index contributed by atoms with van der Waals surface area (Å²) in [6, 6.07) is 0. The van der Waals surface area contributed by atoms with E-state index in [0.29, 0.717) is 5.57 Å². The van der Waals surface area contributed by atoms with Crippen LogP contribution in [0.15, 0.2) is 11.6 Å². The molecule has 0 aliphatic rings. The summed E-state index contributed by atoms with van der Waals surface area (Å²) in [7, 11) is 0. The van der Waals surface area contributed by atoms with E-state index in [0.717, 1.165) is 6.42 Å². The molecule has 0 aliphatic carbocycles. The van der Waals surface area contributed by atoms with Crippen molar-refractivity contribution in [3.05, 3.63) is 11.6 Å². The molecule has 58 valence electrons. The Labute approximate surface area is 60.7 Å². The zero-order chi connectivity index (χ0) is 7.98. The summed E-state index contributed by atoms with van der Waals surface area (Å²) in [5.74, 6) is -0.204. The standard InChI is InChI=1S/C7H13NO2/c1-3-4-6(2)7(10)8-5-9/h4,9H,3,5H2,1-2H3,(H,8,10). The monoisotopic (exact) mass is 143 g/mol. The Morgan fingerprint density at radius 1 is 1.70 bits per heavy atom. The van der Waals surface area contributed by atoms with Crippen molar-refractivity contribution in [2.75, 3.05) is 6.73 Å². The topological polar surface area (TPSA) is 49.3 Å². The van der Waals surface area contributed by atoms with E-state index in [1.165, 1.54) is 0 Å². The molecule has 0 spiro atoms. The summed E-state index contributed by atoms with van der Waals surface area (Å²) < 4.78 is 0. The van der Waals surface area contributed by atoms with Crippen molar-refractivity contribution in [1.82, 2.24) is 5.32 Å². The van der Waals surface area contributed by atoms with Crippen molar-refractivity contribution in [2.45, 2.75) is 20.3 Å². The van der Waals surface area contributed by atoms with E-state index in [-0.39, 0.29) is 12.6 Å². The van der Waals surface area contributed by atoms with E-state index in [1.807, 2.05) is 13.0 Å². The molecule has 0 rings (SSSR count). The second kappa shape index (κ2) is 4.99. The van der Waals surface area contributed by atoms with Crippen molar-refractivity contribution < 1.29 is 9.90 Å². The first-order chi connectivity index (χ1) is 4.72. The van der Waals surface area contributed by atoms with Crippen LogP contribution in [0.4, 0.5) is 0 Å². The highest BCUT2D eigenvalue weighted by Gasteiger charge is 1.99. The highest BCUT2D eigenvalue weighted by Crippen LogP contribution is 1.93. The summed E-state index contributed by atoms with van der Waals surface area (Å²) in [6.07, 6.45) is 2.65. The number of aliphatic hydroxyl groups excluding tert-OH is 1. The van der Waals surface area contributed by atoms with Gasteiger partial charge in [-0.15, -0.1) is 0 Å². The second-order valence-corrected chi connectivity index (χ2v) is 1.96. The van der Waals surface area contributed by atoms with Crippen molar-refractivity contribution in [2.24, 2.45) is 0 Å². The molecule has 0 atom stereocenters. The Bertz CT molecular complexity index is 141. The number of allylic oxidation sites excluding steroid dienone is 1. The summed E-state index contributed by atoms with van der Waals surface area (Å²) >= 11 is 0. The van der Waals surface area contributed by atoms with Gasteiger partial charge in [0.15, 0.2) is 0 Å². The molecule has 3 heteroatoms. The number of carbonyl (C=O) groups excluding carboxylic acids is 1. The van der Waals surface area contributed by atoms with Gasteiger partial charge < -0.3 is 10.4 Å². The molecule has 10 heavy (non-hydrogen) atoms.